The molecule has 98 valence electrons. The molecule has 1 saturated carbocycles. The molecule has 0 radical (unpaired) electrons. The summed E-state index contributed by atoms with van der Waals surface area (Å²) >= 11 is 0. The summed E-state index contributed by atoms with van der Waals surface area (Å²) in [5, 5.41) is 9.55. The summed E-state index contributed by atoms with van der Waals surface area (Å²) in [5.41, 5.74) is 2.63. The van der Waals surface area contributed by atoms with Gasteiger partial charge in [-0.2, -0.15) is 5.10 Å². The number of anilines is 1. The number of amides is 1. The van der Waals surface area contributed by atoms with Gasteiger partial charge in [-0.25, -0.2) is 4.39 Å². The monoisotopic (exact) mass is 259 g/mol. The van der Waals surface area contributed by atoms with Crippen molar-refractivity contribution < 1.29 is 9.18 Å². The fraction of sp³-hybridized carbons (Fsp3) is 0.286. The highest BCUT2D eigenvalue weighted by Gasteiger charge is 2.26. The molecule has 5 heteroatoms. The molecular formula is C14H14FN3O. The quantitative estimate of drug-likeness (QED) is 0.890. The van der Waals surface area contributed by atoms with Gasteiger partial charge in [0.05, 0.1) is 0 Å². The van der Waals surface area contributed by atoms with Crippen molar-refractivity contribution in [3.05, 3.63) is 47.0 Å². The molecular weight excluding hydrogens is 245 g/mol. The number of carbonyl (C=O) groups excluding carboxylic acids is 1. The number of benzene rings is 1. The Hall–Kier alpha value is -2.17. The smallest absolute Gasteiger partial charge is 0.276 e. The number of carbonyl (C=O) groups is 1. The van der Waals surface area contributed by atoms with Gasteiger partial charge in [0.1, 0.15) is 5.82 Å². The lowest BCUT2D eigenvalue weighted by molar-refractivity contribution is 0.102. The molecule has 3 rings (SSSR count). The summed E-state index contributed by atoms with van der Waals surface area (Å²) < 4.78 is 13.1. The van der Waals surface area contributed by atoms with Crippen LogP contribution in [-0.2, 0) is 0 Å². The predicted octanol–water partition coefficient (Wildman–Crippen LogP) is 2.99. The summed E-state index contributed by atoms with van der Waals surface area (Å²) in [6, 6.07) is 6.07. The molecule has 1 aliphatic rings. The zero-order valence-corrected chi connectivity index (χ0v) is 10.5. The van der Waals surface area contributed by atoms with Gasteiger partial charge in [0.25, 0.3) is 5.91 Å². The molecule has 1 heterocycles. The minimum atomic E-state index is -0.374. The first kappa shape index (κ1) is 11.9. The van der Waals surface area contributed by atoms with Crippen LogP contribution in [0.5, 0.6) is 0 Å². The number of aromatic amines is 1. The molecule has 1 aliphatic carbocycles. The molecule has 1 fully saturated rings. The molecule has 0 bridgehead atoms. The third-order valence-corrected chi connectivity index (χ3v) is 3.30. The fourth-order valence-electron chi connectivity index (χ4n) is 1.97. The number of nitrogens with zero attached hydrogens (tertiary/aromatic N) is 1. The van der Waals surface area contributed by atoms with E-state index in [9.17, 15) is 9.18 Å². The van der Waals surface area contributed by atoms with Crippen molar-refractivity contribution in [2.75, 3.05) is 5.32 Å². The van der Waals surface area contributed by atoms with Crippen molar-refractivity contribution in [3.63, 3.8) is 0 Å². The van der Waals surface area contributed by atoms with Crippen molar-refractivity contribution >= 4 is 11.6 Å². The summed E-state index contributed by atoms with van der Waals surface area (Å²) in [4.78, 5) is 12.0. The number of aromatic nitrogens is 2. The molecule has 0 unspecified atom stereocenters. The van der Waals surface area contributed by atoms with E-state index in [1.54, 1.807) is 12.1 Å². The summed E-state index contributed by atoms with van der Waals surface area (Å²) in [6.45, 7) is 1.81. The van der Waals surface area contributed by atoms with E-state index in [-0.39, 0.29) is 11.7 Å². The van der Waals surface area contributed by atoms with Gasteiger partial charge in [0.2, 0.25) is 0 Å². The number of halogens is 1. The molecule has 0 saturated heterocycles. The van der Waals surface area contributed by atoms with Gasteiger partial charge >= 0.3 is 0 Å². The Kier molecular flexibility index (Phi) is 2.81. The Labute approximate surface area is 110 Å². The van der Waals surface area contributed by atoms with E-state index in [1.807, 2.05) is 6.92 Å². The van der Waals surface area contributed by atoms with Crippen molar-refractivity contribution in [1.82, 2.24) is 10.2 Å². The van der Waals surface area contributed by atoms with Crippen LogP contribution in [0.4, 0.5) is 10.1 Å². The van der Waals surface area contributed by atoms with Crippen LogP contribution in [0.3, 0.4) is 0 Å². The molecule has 2 N–H and O–H groups in total. The van der Waals surface area contributed by atoms with Crippen LogP contribution < -0.4 is 5.32 Å². The lowest BCUT2D eigenvalue weighted by Crippen LogP contribution is -2.13. The normalized spacial score (nSPS) is 14.4. The van der Waals surface area contributed by atoms with Gasteiger partial charge in [-0.15, -0.1) is 0 Å². The van der Waals surface area contributed by atoms with E-state index in [0.29, 0.717) is 17.3 Å². The molecule has 1 aromatic carbocycles. The highest BCUT2D eigenvalue weighted by atomic mass is 19.1. The van der Waals surface area contributed by atoms with E-state index in [1.165, 1.54) is 12.1 Å². The third-order valence-electron chi connectivity index (χ3n) is 3.30. The zero-order chi connectivity index (χ0) is 13.4. The van der Waals surface area contributed by atoms with Crippen molar-refractivity contribution in [3.8, 4) is 0 Å². The molecule has 1 amide bonds. The molecule has 0 atom stereocenters. The first-order valence-electron chi connectivity index (χ1n) is 6.26. The average molecular weight is 259 g/mol. The number of rotatable bonds is 3. The first-order chi connectivity index (χ1) is 9.13. The lowest BCUT2D eigenvalue weighted by Gasteiger charge is -2.06. The minimum absolute atomic E-state index is 0.322. The molecule has 2 aromatic rings. The van der Waals surface area contributed by atoms with E-state index in [4.69, 9.17) is 0 Å². The van der Waals surface area contributed by atoms with Gasteiger partial charge in [-0.1, -0.05) is 6.07 Å². The Morgan fingerprint density at radius 2 is 2.21 bits per heavy atom. The number of nitrogens with one attached hydrogen (secondary N) is 2. The largest absolute Gasteiger partial charge is 0.320 e. The van der Waals surface area contributed by atoms with Gasteiger partial charge in [-0.3, -0.25) is 9.89 Å². The van der Waals surface area contributed by atoms with Crippen LogP contribution in [0.2, 0.25) is 0 Å². The predicted molar refractivity (Wildman–Crippen MR) is 69.7 cm³/mol. The third kappa shape index (κ3) is 2.50. The summed E-state index contributed by atoms with van der Waals surface area (Å²) in [6.07, 6.45) is 2.29. The van der Waals surface area contributed by atoms with E-state index in [0.717, 1.165) is 24.1 Å². The lowest BCUT2D eigenvalue weighted by atomic mass is 10.2. The van der Waals surface area contributed by atoms with Crippen molar-refractivity contribution in [2.45, 2.75) is 25.7 Å². The highest BCUT2D eigenvalue weighted by Crippen LogP contribution is 2.39. The average Bonchev–Trinajstić information content (AvgIpc) is 3.11. The van der Waals surface area contributed by atoms with Gasteiger partial charge < -0.3 is 5.32 Å². The Balaban J connectivity index is 1.77. The second-order valence-electron chi connectivity index (χ2n) is 4.90. The maximum Gasteiger partial charge on any atom is 0.276 e. The fourth-order valence-corrected chi connectivity index (χ4v) is 1.97. The van der Waals surface area contributed by atoms with Gasteiger partial charge in [0.15, 0.2) is 5.69 Å². The Morgan fingerprint density at radius 1 is 1.42 bits per heavy atom. The number of aryl methyl sites for hydroxylation is 1. The van der Waals surface area contributed by atoms with Crippen LogP contribution >= 0.6 is 0 Å². The van der Waals surface area contributed by atoms with Crippen LogP contribution in [0.1, 0.15) is 40.5 Å². The molecule has 4 nitrogen and oxygen atoms in total. The van der Waals surface area contributed by atoms with E-state index in [2.05, 4.69) is 15.5 Å². The molecule has 19 heavy (non-hydrogen) atoms. The molecule has 0 spiro atoms. The van der Waals surface area contributed by atoms with Gasteiger partial charge in [0, 0.05) is 17.3 Å². The standard InChI is InChI=1S/C14H14FN3O/c1-8-2-5-10(15)6-11(8)16-14(19)13-7-12(17-18-13)9-3-4-9/h2,5-7,9H,3-4H2,1H3,(H,16,19)(H,17,18). The highest BCUT2D eigenvalue weighted by molar-refractivity contribution is 6.03. The molecule has 0 aliphatic heterocycles. The minimum Gasteiger partial charge on any atom is -0.320 e. The summed E-state index contributed by atoms with van der Waals surface area (Å²) in [7, 11) is 0. The van der Waals surface area contributed by atoms with Gasteiger partial charge in [-0.05, 0) is 43.5 Å². The second-order valence-corrected chi connectivity index (χ2v) is 4.90. The van der Waals surface area contributed by atoms with Crippen LogP contribution in [0, 0.1) is 12.7 Å². The zero-order valence-electron chi connectivity index (χ0n) is 10.5. The topological polar surface area (TPSA) is 57.8 Å². The van der Waals surface area contributed by atoms with E-state index < -0.39 is 0 Å². The van der Waals surface area contributed by atoms with Crippen LogP contribution in [0.25, 0.3) is 0 Å². The number of H-pyrrole nitrogens is 1. The van der Waals surface area contributed by atoms with E-state index >= 15 is 0 Å². The second kappa shape index (κ2) is 4.50. The van der Waals surface area contributed by atoms with Crippen LogP contribution in [-0.4, -0.2) is 16.1 Å². The van der Waals surface area contributed by atoms with Crippen LogP contribution in [0.15, 0.2) is 24.3 Å². The van der Waals surface area contributed by atoms with Crippen molar-refractivity contribution in [1.29, 1.82) is 0 Å². The Bertz CT molecular complexity index is 631. The maximum atomic E-state index is 13.1. The number of hydrogen-bond donors (Lipinski definition) is 2. The van der Waals surface area contributed by atoms with Crippen molar-refractivity contribution in [2.24, 2.45) is 0 Å². The summed E-state index contributed by atoms with van der Waals surface area (Å²) in [5.74, 6) is -0.177. The SMILES string of the molecule is Cc1ccc(F)cc1NC(=O)c1cc(C2CC2)[nH]n1. The first-order valence-corrected chi connectivity index (χ1v) is 6.26. The molecule has 1 aromatic heterocycles. The Morgan fingerprint density at radius 3 is 2.95 bits per heavy atom. The maximum absolute atomic E-state index is 13.1. The number of hydrogen-bond acceptors (Lipinski definition) is 2.